The number of likely N-dealkylation sites (tertiary alicyclic amines) is 2. The zero-order valence-electron chi connectivity index (χ0n) is 17.6. The highest BCUT2D eigenvalue weighted by molar-refractivity contribution is 5.91. The number of carbonyl (C=O) groups is 2. The molecule has 14 heteroatoms. The molecule has 0 bridgehead atoms. The second kappa shape index (κ2) is 7.76. The van der Waals surface area contributed by atoms with Gasteiger partial charge < -0.3 is 19.0 Å². The van der Waals surface area contributed by atoms with Crippen LogP contribution in [0.25, 0.3) is 0 Å². The number of aromatic nitrogens is 2. The number of piperidine rings is 1. The van der Waals surface area contributed by atoms with Crippen molar-refractivity contribution in [2.75, 3.05) is 19.6 Å². The van der Waals surface area contributed by atoms with E-state index in [4.69, 9.17) is 4.42 Å². The Balaban J connectivity index is 1.43. The molecule has 2 aliphatic heterocycles. The zero-order chi connectivity index (χ0) is 24.2. The van der Waals surface area contributed by atoms with Gasteiger partial charge in [-0.25, -0.2) is 4.79 Å². The second-order valence-corrected chi connectivity index (χ2v) is 8.83. The van der Waals surface area contributed by atoms with Crippen LogP contribution in [0.5, 0.6) is 0 Å². The quantitative estimate of drug-likeness (QED) is 0.611. The van der Waals surface area contributed by atoms with E-state index in [1.165, 1.54) is 0 Å². The van der Waals surface area contributed by atoms with Gasteiger partial charge in [0.05, 0.1) is 0 Å². The van der Waals surface area contributed by atoms with Crippen molar-refractivity contribution in [1.82, 2.24) is 20.0 Å². The third-order valence-electron chi connectivity index (χ3n) is 6.70. The van der Waals surface area contributed by atoms with E-state index in [0.29, 0.717) is 38.1 Å². The van der Waals surface area contributed by atoms with Crippen molar-refractivity contribution in [2.45, 2.75) is 74.9 Å². The SMILES string of the molecule is Cc1nnc(C2(C(=O)N3CCCC34CCN(C(=O)OC(C(F)(F)F)C(F)(F)F)CC4)CC2)o1. The first-order valence-electron chi connectivity index (χ1n) is 10.5. The van der Waals surface area contributed by atoms with Gasteiger partial charge in [0.1, 0.15) is 5.41 Å². The number of halogens is 6. The van der Waals surface area contributed by atoms with Crippen LogP contribution in [0.3, 0.4) is 0 Å². The fourth-order valence-corrected chi connectivity index (χ4v) is 4.77. The van der Waals surface area contributed by atoms with Crippen molar-refractivity contribution in [3.63, 3.8) is 0 Å². The van der Waals surface area contributed by atoms with E-state index in [2.05, 4.69) is 14.9 Å². The Morgan fingerprint density at radius 3 is 2.06 bits per heavy atom. The van der Waals surface area contributed by atoms with E-state index < -0.39 is 35.5 Å². The van der Waals surface area contributed by atoms with Crippen LogP contribution in [0.4, 0.5) is 31.1 Å². The number of carbonyl (C=O) groups excluding carboxylic acids is 2. The lowest BCUT2D eigenvalue weighted by Gasteiger charge is -2.45. The summed E-state index contributed by atoms with van der Waals surface area (Å²) in [6, 6.07) is 0. The molecule has 3 aliphatic rings. The molecular weight excluding hydrogens is 462 g/mol. The molecule has 3 heterocycles. The lowest BCUT2D eigenvalue weighted by Crippen LogP contribution is -2.57. The molecule has 184 valence electrons. The van der Waals surface area contributed by atoms with Crippen LogP contribution in [0.1, 0.15) is 50.3 Å². The molecule has 1 spiro atoms. The van der Waals surface area contributed by atoms with E-state index in [-0.39, 0.29) is 37.7 Å². The zero-order valence-corrected chi connectivity index (χ0v) is 17.6. The standard InChI is InChI=1S/C19H22F6N4O4/c1-11-26-27-13(32-11)17(4-5-17)14(30)29-8-2-3-16(29)6-9-28(10-7-16)15(31)33-12(18(20,21)22)19(23,24)25/h12H,2-10H2,1H3. The highest BCUT2D eigenvalue weighted by Crippen LogP contribution is 2.52. The van der Waals surface area contributed by atoms with Crippen LogP contribution in [0, 0.1) is 6.92 Å². The average molecular weight is 484 g/mol. The molecule has 0 N–H and O–H groups in total. The number of ether oxygens (including phenoxy) is 1. The van der Waals surface area contributed by atoms with Gasteiger partial charge in [-0.05, 0) is 38.5 Å². The maximum Gasteiger partial charge on any atom is 0.434 e. The minimum absolute atomic E-state index is 0.127. The Morgan fingerprint density at radius 1 is 0.970 bits per heavy atom. The van der Waals surface area contributed by atoms with Gasteiger partial charge in [-0.15, -0.1) is 10.2 Å². The van der Waals surface area contributed by atoms with Crippen molar-refractivity contribution < 1.29 is 45.1 Å². The molecule has 2 saturated heterocycles. The summed E-state index contributed by atoms with van der Waals surface area (Å²) in [7, 11) is 0. The highest BCUT2D eigenvalue weighted by Gasteiger charge is 2.62. The third-order valence-corrected chi connectivity index (χ3v) is 6.70. The molecule has 0 aromatic carbocycles. The number of nitrogens with zero attached hydrogens (tertiary/aromatic N) is 4. The van der Waals surface area contributed by atoms with Crippen molar-refractivity contribution in [3.8, 4) is 0 Å². The second-order valence-electron chi connectivity index (χ2n) is 8.83. The smallest absolute Gasteiger partial charge is 0.426 e. The van der Waals surface area contributed by atoms with E-state index in [0.717, 1.165) is 4.90 Å². The van der Waals surface area contributed by atoms with Gasteiger partial charge >= 0.3 is 18.4 Å². The lowest BCUT2D eigenvalue weighted by atomic mass is 9.84. The summed E-state index contributed by atoms with van der Waals surface area (Å²) < 4.78 is 85.5. The number of rotatable bonds is 3. The molecule has 1 aromatic rings. The van der Waals surface area contributed by atoms with Crippen molar-refractivity contribution in [3.05, 3.63) is 11.8 Å². The van der Waals surface area contributed by atoms with Gasteiger partial charge in [-0.1, -0.05) is 0 Å². The molecule has 1 saturated carbocycles. The normalized spacial score (nSPS) is 22.2. The molecule has 1 aliphatic carbocycles. The van der Waals surface area contributed by atoms with Crippen molar-refractivity contribution in [2.24, 2.45) is 0 Å². The Morgan fingerprint density at radius 2 is 1.58 bits per heavy atom. The van der Waals surface area contributed by atoms with Crippen LogP contribution < -0.4 is 0 Å². The molecule has 4 rings (SSSR count). The maximum absolute atomic E-state index is 13.4. The van der Waals surface area contributed by atoms with Gasteiger partial charge in [0, 0.05) is 32.1 Å². The molecular formula is C19H22F6N4O4. The third kappa shape index (κ3) is 4.23. The van der Waals surface area contributed by atoms with Crippen LogP contribution in [0.15, 0.2) is 4.42 Å². The number of hydrogen-bond acceptors (Lipinski definition) is 6. The monoisotopic (exact) mass is 484 g/mol. The van der Waals surface area contributed by atoms with E-state index in [1.807, 2.05) is 0 Å². The highest BCUT2D eigenvalue weighted by atomic mass is 19.4. The minimum Gasteiger partial charge on any atom is -0.426 e. The van der Waals surface area contributed by atoms with Crippen LogP contribution >= 0.6 is 0 Å². The van der Waals surface area contributed by atoms with Crippen LogP contribution in [-0.4, -0.2) is 75.6 Å². The van der Waals surface area contributed by atoms with Gasteiger partial charge in [0.25, 0.3) is 6.10 Å². The summed E-state index contributed by atoms with van der Waals surface area (Å²) in [5.74, 6) is 0.412. The Kier molecular flexibility index (Phi) is 5.55. The van der Waals surface area contributed by atoms with Gasteiger partial charge in [-0.2, -0.15) is 26.3 Å². The molecule has 1 aromatic heterocycles. The minimum atomic E-state index is -5.77. The molecule has 33 heavy (non-hydrogen) atoms. The van der Waals surface area contributed by atoms with Crippen LogP contribution in [0.2, 0.25) is 0 Å². The van der Waals surface area contributed by atoms with Gasteiger partial charge in [0.2, 0.25) is 17.7 Å². The molecule has 2 amide bonds. The predicted octanol–water partition coefficient (Wildman–Crippen LogP) is 3.50. The summed E-state index contributed by atoms with van der Waals surface area (Å²) >= 11 is 0. The molecule has 8 nitrogen and oxygen atoms in total. The first-order chi connectivity index (χ1) is 15.3. The Labute approximate surface area is 184 Å². The number of alkyl halides is 6. The fourth-order valence-electron chi connectivity index (χ4n) is 4.77. The molecule has 0 unspecified atom stereocenters. The summed E-state index contributed by atoms with van der Waals surface area (Å²) in [5, 5.41) is 7.78. The largest absolute Gasteiger partial charge is 0.434 e. The molecule has 0 atom stereocenters. The maximum atomic E-state index is 13.4. The van der Waals surface area contributed by atoms with Crippen molar-refractivity contribution in [1.29, 1.82) is 0 Å². The number of amides is 2. The predicted molar refractivity (Wildman–Crippen MR) is 96.8 cm³/mol. The summed E-state index contributed by atoms with van der Waals surface area (Å²) in [4.78, 5) is 28.1. The summed E-state index contributed by atoms with van der Waals surface area (Å²) in [6.45, 7) is 1.82. The van der Waals surface area contributed by atoms with E-state index in [9.17, 15) is 35.9 Å². The fraction of sp³-hybridized carbons (Fsp3) is 0.789. The first-order valence-corrected chi connectivity index (χ1v) is 10.5. The topological polar surface area (TPSA) is 88.8 Å². The molecule has 3 fully saturated rings. The number of hydrogen-bond donors (Lipinski definition) is 0. The van der Waals surface area contributed by atoms with Gasteiger partial charge in [-0.3, -0.25) is 4.79 Å². The Hall–Kier alpha value is -2.54. The first kappa shape index (κ1) is 23.6. The van der Waals surface area contributed by atoms with Crippen LogP contribution in [-0.2, 0) is 14.9 Å². The summed E-state index contributed by atoms with van der Waals surface area (Å²) in [6.07, 6.45) is -14.6. The average Bonchev–Trinajstić information content (AvgIpc) is 3.26. The molecule has 0 radical (unpaired) electrons. The number of aryl methyl sites for hydroxylation is 1. The van der Waals surface area contributed by atoms with Gasteiger partial charge in [0.15, 0.2) is 0 Å². The Bertz CT molecular complexity index is 904. The van der Waals surface area contributed by atoms with E-state index >= 15 is 0 Å². The van der Waals surface area contributed by atoms with E-state index in [1.54, 1.807) is 11.8 Å². The lowest BCUT2D eigenvalue weighted by molar-refractivity contribution is -0.308. The van der Waals surface area contributed by atoms with Crippen molar-refractivity contribution >= 4 is 12.0 Å². The summed E-state index contributed by atoms with van der Waals surface area (Å²) in [5.41, 5.74) is -1.52.